The van der Waals surface area contributed by atoms with Gasteiger partial charge in [-0.3, -0.25) is 0 Å². The highest BCUT2D eigenvalue weighted by Gasteiger charge is 2.07. The maximum absolute atomic E-state index is 5.97. The van der Waals surface area contributed by atoms with Gasteiger partial charge in [-0.15, -0.1) is 16.7 Å². The van der Waals surface area contributed by atoms with Crippen LogP contribution in [0, 0.1) is 0 Å². The van der Waals surface area contributed by atoms with Crippen molar-refractivity contribution in [2.45, 2.75) is 5.88 Å². The van der Waals surface area contributed by atoms with Crippen LogP contribution in [0.25, 0.3) is 5.69 Å². The number of hydrogen-bond acceptors (Lipinski definition) is 2. The van der Waals surface area contributed by atoms with Crippen LogP contribution in [0.1, 0.15) is 5.69 Å². The first-order chi connectivity index (χ1) is 7.22. The first-order valence-electron chi connectivity index (χ1n) is 4.14. The summed E-state index contributed by atoms with van der Waals surface area (Å²) in [6.07, 6.45) is 1.77. The van der Waals surface area contributed by atoms with Gasteiger partial charge in [-0.2, -0.15) is 0 Å². The van der Waals surface area contributed by atoms with Crippen molar-refractivity contribution in [3.05, 3.63) is 39.6 Å². The number of hydrogen-bond donors (Lipinski definition) is 0. The molecular weight excluding hydrogens is 301 g/mol. The van der Waals surface area contributed by atoms with Crippen LogP contribution >= 0.6 is 39.1 Å². The highest BCUT2D eigenvalue weighted by Crippen LogP contribution is 2.28. The molecule has 0 atom stereocenters. The third-order valence-corrected chi connectivity index (χ3v) is 3.51. The standard InChI is InChI=1S/C9H6BrCl2N3/c10-9-7(12)2-1-3-8(9)15-5-6(4-11)13-14-15/h1-3,5H,4H2. The molecule has 15 heavy (non-hydrogen) atoms. The van der Waals surface area contributed by atoms with Crippen molar-refractivity contribution >= 4 is 39.1 Å². The predicted octanol–water partition coefficient (Wildman–Crippen LogP) is 3.42. The highest BCUT2D eigenvalue weighted by molar-refractivity contribution is 9.10. The number of nitrogens with zero attached hydrogens (tertiary/aromatic N) is 3. The Morgan fingerprint density at radius 1 is 1.40 bits per heavy atom. The van der Waals surface area contributed by atoms with E-state index in [0.717, 1.165) is 15.9 Å². The van der Waals surface area contributed by atoms with E-state index in [-0.39, 0.29) is 0 Å². The lowest BCUT2D eigenvalue weighted by molar-refractivity contribution is 0.797. The second-order valence-electron chi connectivity index (χ2n) is 2.86. The lowest BCUT2D eigenvalue weighted by Gasteiger charge is -2.03. The minimum atomic E-state index is 0.345. The lowest BCUT2D eigenvalue weighted by atomic mass is 10.3. The summed E-state index contributed by atoms with van der Waals surface area (Å²) < 4.78 is 2.42. The molecule has 0 aliphatic rings. The Morgan fingerprint density at radius 3 is 2.87 bits per heavy atom. The van der Waals surface area contributed by atoms with Crippen LogP contribution in [0.2, 0.25) is 5.02 Å². The topological polar surface area (TPSA) is 30.7 Å². The van der Waals surface area contributed by atoms with E-state index in [9.17, 15) is 0 Å². The Labute approximate surface area is 105 Å². The van der Waals surface area contributed by atoms with Crippen molar-refractivity contribution in [1.29, 1.82) is 0 Å². The van der Waals surface area contributed by atoms with E-state index in [0.29, 0.717) is 10.9 Å². The van der Waals surface area contributed by atoms with Gasteiger partial charge in [-0.05, 0) is 28.1 Å². The second kappa shape index (κ2) is 4.51. The van der Waals surface area contributed by atoms with E-state index in [1.54, 1.807) is 16.9 Å². The third kappa shape index (κ3) is 2.17. The summed E-state index contributed by atoms with van der Waals surface area (Å²) in [6.45, 7) is 0. The normalized spacial score (nSPS) is 10.6. The summed E-state index contributed by atoms with van der Waals surface area (Å²) in [7, 11) is 0. The summed E-state index contributed by atoms with van der Waals surface area (Å²) in [5.41, 5.74) is 1.56. The molecule has 0 bridgehead atoms. The number of aromatic nitrogens is 3. The maximum Gasteiger partial charge on any atom is 0.0979 e. The minimum absolute atomic E-state index is 0.345. The van der Waals surface area contributed by atoms with Crippen molar-refractivity contribution in [3.63, 3.8) is 0 Å². The zero-order chi connectivity index (χ0) is 10.8. The van der Waals surface area contributed by atoms with Gasteiger partial charge in [0.15, 0.2) is 0 Å². The summed E-state index contributed by atoms with van der Waals surface area (Å²) in [4.78, 5) is 0. The summed E-state index contributed by atoms with van der Waals surface area (Å²) in [6, 6.07) is 5.54. The van der Waals surface area contributed by atoms with Crippen LogP contribution in [0.4, 0.5) is 0 Å². The molecule has 2 aromatic rings. The van der Waals surface area contributed by atoms with E-state index < -0.39 is 0 Å². The second-order valence-corrected chi connectivity index (χ2v) is 4.33. The van der Waals surface area contributed by atoms with Crippen LogP contribution in [-0.4, -0.2) is 15.0 Å². The van der Waals surface area contributed by atoms with Crippen molar-refractivity contribution in [1.82, 2.24) is 15.0 Å². The number of benzene rings is 1. The largest absolute Gasteiger partial charge is 0.219 e. The van der Waals surface area contributed by atoms with Gasteiger partial charge in [0.1, 0.15) is 0 Å². The van der Waals surface area contributed by atoms with Gasteiger partial charge in [0, 0.05) is 0 Å². The Morgan fingerprint density at radius 2 is 2.20 bits per heavy atom. The van der Waals surface area contributed by atoms with Crippen LogP contribution < -0.4 is 0 Å². The van der Waals surface area contributed by atoms with Crippen LogP contribution in [0.5, 0.6) is 0 Å². The van der Waals surface area contributed by atoms with Crippen molar-refractivity contribution < 1.29 is 0 Å². The fraction of sp³-hybridized carbons (Fsp3) is 0.111. The molecule has 6 heteroatoms. The number of halogens is 3. The SMILES string of the molecule is ClCc1cn(-c2cccc(Cl)c2Br)nn1. The van der Waals surface area contributed by atoms with Gasteiger partial charge in [-0.1, -0.05) is 22.9 Å². The van der Waals surface area contributed by atoms with Crippen LogP contribution in [0.3, 0.4) is 0 Å². The molecule has 0 unspecified atom stereocenters. The van der Waals surface area contributed by atoms with Gasteiger partial charge < -0.3 is 0 Å². The molecule has 3 nitrogen and oxygen atoms in total. The minimum Gasteiger partial charge on any atom is -0.219 e. The molecule has 2 rings (SSSR count). The summed E-state index contributed by atoms with van der Waals surface area (Å²) in [5.74, 6) is 0.345. The van der Waals surface area contributed by atoms with Crippen molar-refractivity contribution in [3.8, 4) is 5.69 Å². The molecule has 78 valence electrons. The summed E-state index contributed by atoms with van der Waals surface area (Å²) in [5, 5.41) is 8.49. The van der Waals surface area contributed by atoms with E-state index >= 15 is 0 Å². The van der Waals surface area contributed by atoms with E-state index in [2.05, 4.69) is 26.2 Å². The molecule has 0 radical (unpaired) electrons. The Balaban J connectivity index is 2.49. The smallest absolute Gasteiger partial charge is 0.0979 e. The van der Waals surface area contributed by atoms with E-state index in [1.165, 1.54) is 0 Å². The molecule has 0 N–H and O–H groups in total. The Kier molecular flexibility index (Phi) is 3.29. The molecule has 0 saturated carbocycles. The third-order valence-electron chi connectivity index (χ3n) is 1.86. The summed E-state index contributed by atoms with van der Waals surface area (Å²) >= 11 is 15.0. The van der Waals surface area contributed by atoms with Gasteiger partial charge in [-0.25, -0.2) is 4.68 Å². The lowest BCUT2D eigenvalue weighted by Crippen LogP contribution is -1.96. The number of rotatable bonds is 2. The molecule has 0 aliphatic carbocycles. The van der Waals surface area contributed by atoms with E-state index in [1.807, 2.05) is 12.1 Å². The molecule has 1 aromatic heterocycles. The van der Waals surface area contributed by atoms with Gasteiger partial charge >= 0.3 is 0 Å². The molecule has 0 amide bonds. The molecule has 1 heterocycles. The zero-order valence-corrected chi connectivity index (χ0v) is 10.6. The Bertz CT molecular complexity index is 484. The average Bonchev–Trinajstić information content (AvgIpc) is 2.70. The van der Waals surface area contributed by atoms with Crippen LogP contribution in [0.15, 0.2) is 28.9 Å². The maximum atomic E-state index is 5.97. The molecular formula is C9H6BrCl2N3. The fourth-order valence-corrected chi connectivity index (χ4v) is 1.88. The zero-order valence-electron chi connectivity index (χ0n) is 7.49. The number of alkyl halides is 1. The van der Waals surface area contributed by atoms with Crippen molar-refractivity contribution in [2.24, 2.45) is 0 Å². The fourth-order valence-electron chi connectivity index (χ4n) is 1.15. The molecule has 0 fully saturated rings. The monoisotopic (exact) mass is 305 g/mol. The van der Waals surface area contributed by atoms with Crippen LogP contribution in [-0.2, 0) is 5.88 Å². The quantitative estimate of drug-likeness (QED) is 0.796. The highest BCUT2D eigenvalue weighted by atomic mass is 79.9. The molecule has 0 saturated heterocycles. The first-order valence-corrected chi connectivity index (χ1v) is 5.84. The van der Waals surface area contributed by atoms with Gasteiger partial charge in [0.05, 0.1) is 33.0 Å². The molecule has 0 spiro atoms. The van der Waals surface area contributed by atoms with E-state index in [4.69, 9.17) is 23.2 Å². The molecule has 1 aromatic carbocycles. The van der Waals surface area contributed by atoms with Gasteiger partial charge in [0.2, 0.25) is 0 Å². The van der Waals surface area contributed by atoms with Crippen molar-refractivity contribution in [2.75, 3.05) is 0 Å². The first kappa shape index (κ1) is 10.9. The molecule has 0 aliphatic heterocycles. The average molecular weight is 307 g/mol. The predicted molar refractivity (Wildman–Crippen MR) is 63.6 cm³/mol. The Hall–Kier alpha value is -0.580. The van der Waals surface area contributed by atoms with Gasteiger partial charge in [0.25, 0.3) is 0 Å².